The van der Waals surface area contributed by atoms with Crippen molar-refractivity contribution >= 4 is 0 Å². The molecule has 0 aromatic rings. The molecule has 2 aliphatic carbocycles. The Labute approximate surface area is 159 Å². The summed E-state index contributed by atoms with van der Waals surface area (Å²) in [7, 11) is 0. The number of hydrogen-bond acceptors (Lipinski definition) is 0. The molecule has 0 bridgehead atoms. The smallest absolute Gasteiger partial charge is 0.0238 e. The van der Waals surface area contributed by atoms with E-state index in [4.69, 9.17) is 0 Å². The lowest BCUT2D eigenvalue weighted by Crippen LogP contribution is -2.26. The maximum absolute atomic E-state index is 2.59. The first-order valence-corrected chi connectivity index (χ1v) is 11.2. The summed E-state index contributed by atoms with van der Waals surface area (Å²) in [4.78, 5) is 0. The number of rotatable bonds is 1. The molecule has 25 heavy (non-hydrogen) atoms. The summed E-state index contributed by atoms with van der Waals surface area (Å²) in [6, 6.07) is 0. The Morgan fingerprint density at radius 1 is 0.840 bits per heavy atom. The predicted octanol–water partition coefficient (Wildman–Crippen LogP) is 8.42. The van der Waals surface area contributed by atoms with Gasteiger partial charge in [-0.3, -0.25) is 0 Å². The third kappa shape index (κ3) is 5.61. The zero-order chi connectivity index (χ0) is 18.7. The monoisotopic (exact) mass is 346 g/mol. The van der Waals surface area contributed by atoms with Gasteiger partial charge in [-0.1, -0.05) is 79.9 Å². The van der Waals surface area contributed by atoms with Crippen molar-refractivity contribution in [1.82, 2.24) is 0 Å². The van der Waals surface area contributed by atoms with E-state index in [2.05, 4.69) is 60.6 Å². The summed E-state index contributed by atoms with van der Waals surface area (Å²) < 4.78 is 0. The summed E-state index contributed by atoms with van der Waals surface area (Å²) in [5, 5.41) is 0. The van der Waals surface area contributed by atoms with E-state index in [1.165, 1.54) is 64.2 Å². The molecule has 0 saturated heterocycles. The molecule has 0 heterocycles. The molecule has 4 atom stereocenters. The summed E-state index contributed by atoms with van der Waals surface area (Å²) in [6.07, 6.45) is 18.9. The number of hydrogen-bond donors (Lipinski definition) is 0. The second-order valence-electron chi connectivity index (χ2n) is 11.4. The van der Waals surface area contributed by atoms with Crippen LogP contribution in [0.25, 0.3) is 0 Å². The lowest BCUT2D eigenvalue weighted by atomic mass is 9.70. The van der Waals surface area contributed by atoms with Gasteiger partial charge in [0.2, 0.25) is 0 Å². The quantitative estimate of drug-likeness (QED) is 0.418. The third-order valence-electron chi connectivity index (χ3n) is 8.09. The van der Waals surface area contributed by atoms with Crippen molar-refractivity contribution in [2.45, 2.75) is 113 Å². The zero-order valence-corrected chi connectivity index (χ0v) is 18.5. The molecule has 0 aromatic carbocycles. The SMILES string of the molecule is CC1CCCC(C)(C)CCCCC=CCC(C)C(C2(C)CC2(C)C)C1. The van der Waals surface area contributed by atoms with Gasteiger partial charge in [0, 0.05) is 0 Å². The second kappa shape index (κ2) is 8.18. The van der Waals surface area contributed by atoms with Crippen LogP contribution in [0.2, 0.25) is 0 Å². The van der Waals surface area contributed by atoms with Crippen LogP contribution < -0.4 is 0 Å². The van der Waals surface area contributed by atoms with Gasteiger partial charge in [-0.15, -0.1) is 0 Å². The standard InChI is InChI=1S/C25H46/c1-20-14-13-17-23(3,4)16-12-10-8-9-11-15-21(2)22(18-20)25(7)19-24(25,5)6/h9,11,20-22H,8,10,12-19H2,1-7H3. The first-order valence-electron chi connectivity index (χ1n) is 11.2. The molecule has 0 amide bonds. The Hall–Kier alpha value is -0.260. The van der Waals surface area contributed by atoms with E-state index in [1.54, 1.807) is 0 Å². The fourth-order valence-electron chi connectivity index (χ4n) is 5.69. The lowest BCUT2D eigenvalue weighted by molar-refractivity contribution is 0.153. The zero-order valence-electron chi connectivity index (χ0n) is 18.5. The molecule has 0 heteroatoms. The van der Waals surface area contributed by atoms with E-state index in [-0.39, 0.29) is 0 Å². The van der Waals surface area contributed by atoms with E-state index in [0.717, 1.165) is 17.8 Å². The van der Waals surface area contributed by atoms with Gasteiger partial charge in [0.25, 0.3) is 0 Å². The third-order valence-corrected chi connectivity index (χ3v) is 8.09. The van der Waals surface area contributed by atoms with Gasteiger partial charge in [0.15, 0.2) is 0 Å². The van der Waals surface area contributed by atoms with E-state index < -0.39 is 0 Å². The molecule has 2 rings (SSSR count). The maximum atomic E-state index is 2.59. The molecular weight excluding hydrogens is 300 g/mol. The van der Waals surface area contributed by atoms with Crippen molar-refractivity contribution in [3.8, 4) is 0 Å². The van der Waals surface area contributed by atoms with Crippen molar-refractivity contribution in [2.75, 3.05) is 0 Å². The minimum Gasteiger partial charge on any atom is -0.0885 e. The Kier molecular flexibility index (Phi) is 6.89. The highest BCUT2D eigenvalue weighted by atomic mass is 14.7. The van der Waals surface area contributed by atoms with Crippen LogP contribution in [0, 0.1) is 34.0 Å². The maximum Gasteiger partial charge on any atom is -0.0238 e. The van der Waals surface area contributed by atoms with Crippen LogP contribution >= 0.6 is 0 Å². The van der Waals surface area contributed by atoms with Gasteiger partial charge in [-0.2, -0.15) is 0 Å². The van der Waals surface area contributed by atoms with Crippen molar-refractivity contribution in [1.29, 1.82) is 0 Å². The first-order chi connectivity index (χ1) is 11.6. The Bertz CT molecular complexity index is 441. The summed E-state index contributed by atoms with van der Waals surface area (Å²) >= 11 is 0. The van der Waals surface area contributed by atoms with Crippen LogP contribution in [-0.4, -0.2) is 0 Å². The van der Waals surface area contributed by atoms with Gasteiger partial charge < -0.3 is 0 Å². The Morgan fingerprint density at radius 3 is 2.12 bits per heavy atom. The molecule has 0 nitrogen and oxygen atoms in total. The molecule has 0 aliphatic heterocycles. The topological polar surface area (TPSA) is 0 Å². The highest BCUT2D eigenvalue weighted by molar-refractivity contribution is 5.11. The molecule has 0 aromatic heterocycles. The van der Waals surface area contributed by atoms with Gasteiger partial charge >= 0.3 is 0 Å². The fraction of sp³-hybridized carbons (Fsp3) is 0.920. The van der Waals surface area contributed by atoms with E-state index in [0.29, 0.717) is 16.2 Å². The van der Waals surface area contributed by atoms with E-state index in [1.807, 2.05) is 0 Å². The Balaban J connectivity index is 2.07. The van der Waals surface area contributed by atoms with Crippen LogP contribution in [-0.2, 0) is 0 Å². The average molecular weight is 347 g/mol. The molecule has 4 unspecified atom stereocenters. The molecule has 0 spiro atoms. The minimum absolute atomic E-state index is 0.542. The average Bonchev–Trinajstić information content (AvgIpc) is 3.01. The van der Waals surface area contributed by atoms with Crippen LogP contribution in [0.1, 0.15) is 113 Å². The molecule has 2 aliphatic rings. The predicted molar refractivity (Wildman–Crippen MR) is 113 cm³/mol. The number of allylic oxidation sites excluding steroid dienone is 2. The van der Waals surface area contributed by atoms with Crippen molar-refractivity contribution in [2.24, 2.45) is 34.0 Å². The summed E-state index contributed by atoms with van der Waals surface area (Å²) in [6.45, 7) is 17.6. The summed E-state index contributed by atoms with van der Waals surface area (Å²) in [5.74, 6) is 2.60. The van der Waals surface area contributed by atoms with Gasteiger partial charge in [0.1, 0.15) is 0 Å². The van der Waals surface area contributed by atoms with Crippen molar-refractivity contribution < 1.29 is 0 Å². The van der Waals surface area contributed by atoms with E-state index in [9.17, 15) is 0 Å². The molecule has 1 fully saturated rings. The molecule has 0 N–H and O–H groups in total. The van der Waals surface area contributed by atoms with Crippen molar-refractivity contribution in [3.63, 3.8) is 0 Å². The van der Waals surface area contributed by atoms with Crippen LogP contribution in [0.5, 0.6) is 0 Å². The largest absolute Gasteiger partial charge is 0.0885 e. The normalized spacial score (nSPS) is 40.0. The second-order valence-corrected chi connectivity index (χ2v) is 11.4. The molecule has 1 saturated carbocycles. The fourth-order valence-corrected chi connectivity index (χ4v) is 5.69. The summed E-state index contributed by atoms with van der Waals surface area (Å²) in [5.41, 5.74) is 1.67. The van der Waals surface area contributed by atoms with E-state index >= 15 is 0 Å². The van der Waals surface area contributed by atoms with Gasteiger partial charge in [-0.05, 0) is 78.9 Å². The van der Waals surface area contributed by atoms with Crippen LogP contribution in [0.15, 0.2) is 12.2 Å². The first kappa shape index (κ1) is 21.0. The van der Waals surface area contributed by atoms with Gasteiger partial charge in [-0.25, -0.2) is 0 Å². The Morgan fingerprint density at radius 2 is 1.48 bits per heavy atom. The molecule has 0 radical (unpaired) electrons. The van der Waals surface area contributed by atoms with Crippen LogP contribution in [0.4, 0.5) is 0 Å². The van der Waals surface area contributed by atoms with Crippen LogP contribution in [0.3, 0.4) is 0 Å². The minimum atomic E-state index is 0.542. The highest BCUT2D eigenvalue weighted by Gasteiger charge is 2.61. The molecule has 146 valence electrons. The molecular formula is C25H46. The lowest BCUT2D eigenvalue weighted by Gasteiger charge is -2.34. The van der Waals surface area contributed by atoms with Gasteiger partial charge in [0.05, 0.1) is 0 Å². The highest BCUT2D eigenvalue weighted by Crippen LogP contribution is 2.69. The van der Waals surface area contributed by atoms with Crippen molar-refractivity contribution in [3.05, 3.63) is 12.2 Å².